The lowest BCUT2D eigenvalue weighted by Crippen LogP contribution is -2.17. The Morgan fingerprint density at radius 3 is 2.51 bits per heavy atom. The first-order valence-corrected chi connectivity index (χ1v) is 10.5. The minimum absolute atomic E-state index is 0.0543. The number of nitrogens with zero attached hydrogens (tertiary/aromatic N) is 4. The van der Waals surface area contributed by atoms with Crippen molar-refractivity contribution in [3.63, 3.8) is 0 Å². The fourth-order valence-electron chi connectivity index (χ4n) is 3.50. The Bertz CT molecular complexity index is 1240. The topological polar surface area (TPSA) is 58.6 Å². The van der Waals surface area contributed by atoms with E-state index in [2.05, 4.69) is 9.97 Å². The molecule has 3 heterocycles. The maximum absolute atomic E-state index is 13.0. The van der Waals surface area contributed by atoms with Crippen LogP contribution in [0.1, 0.15) is 16.8 Å². The first-order chi connectivity index (χ1) is 16.5. The maximum atomic E-state index is 13.0. The summed E-state index contributed by atoms with van der Waals surface area (Å²) in [6.45, 7) is 2.11. The molecule has 12 heteroatoms. The summed E-state index contributed by atoms with van der Waals surface area (Å²) in [5.74, 6) is -0.873. The van der Waals surface area contributed by atoms with Gasteiger partial charge in [-0.2, -0.15) is 13.2 Å². The number of hydrogen-bond acceptors (Lipinski definition) is 5. The smallest absolute Gasteiger partial charge is 0.416 e. The molecule has 1 amide bonds. The van der Waals surface area contributed by atoms with Gasteiger partial charge in [-0.1, -0.05) is 11.6 Å². The van der Waals surface area contributed by atoms with Crippen molar-refractivity contribution < 1.29 is 31.5 Å². The number of halogens is 6. The maximum Gasteiger partial charge on any atom is 0.416 e. The van der Waals surface area contributed by atoms with Gasteiger partial charge in [0, 0.05) is 37.1 Å². The number of pyridine rings is 2. The van der Waals surface area contributed by atoms with E-state index < -0.39 is 23.4 Å². The summed E-state index contributed by atoms with van der Waals surface area (Å²) in [4.78, 5) is 21.4. The molecule has 0 saturated carbocycles. The molecule has 0 radical (unpaired) electrons. The van der Waals surface area contributed by atoms with Crippen LogP contribution < -0.4 is 14.5 Å². The molecule has 1 aromatic carbocycles. The lowest BCUT2D eigenvalue weighted by Gasteiger charge is -2.20. The van der Waals surface area contributed by atoms with Gasteiger partial charge in [0.2, 0.25) is 12.3 Å². The van der Waals surface area contributed by atoms with Crippen molar-refractivity contribution in [1.29, 1.82) is 0 Å². The number of aromatic nitrogens is 2. The number of methoxy groups -OCH3 is 1. The van der Waals surface area contributed by atoms with E-state index in [1.54, 1.807) is 24.1 Å². The van der Waals surface area contributed by atoms with Gasteiger partial charge < -0.3 is 14.5 Å². The SMILES string of the molecule is CN(C=O)c1cc(Cl)c(F)cc1F.COc1nccc2c1CCN2c1cc(C(F)(F)F)cc(C)n1. The van der Waals surface area contributed by atoms with E-state index in [1.807, 2.05) is 0 Å². The Labute approximate surface area is 202 Å². The number of anilines is 3. The zero-order valence-electron chi connectivity index (χ0n) is 18.8. The number of aryl methyl sites for hydroxylation is 1. The molecule has 0 saturated heterocycles. The third-order valence-corrected chi connectivity index (χ3v) is 5.42. The summed E-state index contributed by atoms with van der Waals surface area (Å²) in [7, 11) is 2.87. The number of carbonyl (C=O) groups excluding carboxylic acids is 1. The lowest BCUT2D eigenvalue weighted by molar-refractivity contribution is -0.137. The van der Waals surface area contributed by atoms with Crippen molar-refractivity contribution in [1.82, 2.24) is 9.97 Å². The predicted octanol–water partition coefficient (Wildman–Crippen LogP) is 5.72. The molecule has 1 aliphatic rings. The van der Waals surface area contributed by atoms with Gasteiger partial charge in [-0.15, -0.1) is 0 Å². The molecular formula is C23H20ClF5N4O2. The van der Waals surface area contributed by atoms with Crippen LogP contribution in [0.5, 0.6) is 5.88 Å². The number of amides is 1. The highest BCUT2D eigenvalue weighted by molar-refractivity contribution is 6.31. The number of fused-ring (bicyclic) bond motifs is 1. The standard InChI is InChI=1S/C15H14F3N3O.C8H6ClF2NO/c1-9-7-10(15(16,17)18)8-13(20-9)21-6-4-11-12(21)3-5-19-14(11)22-2;1-12(4-13)8-2-5(9)6(10)3-7(8)11/h3,5,7-8H,4,6H2,1-2H3;2-4H,1H3. The average molecular weight is 515 g/mol. The quantitative estimate of drug-likeness (QED) is 0.253. The van der Waals surface area contributed by atoms with E-state index in [0.29, 0.717) is 42.8 Å². The Kier molecular flexibility index (Phi) is 7.79. The first-order valence-electron chi connectivity index (χ1n) is 10.1. The van der Waals surface area contributed by atoms with Crippen molar-refractivity contribution in [3.8, 4) is 5.88 Å². The fourth-order valence-corrected chi connectivity index (χ4v) is 3.66. The Morgan fingerprint density at radius 1 is 1.17 bits per heavy atom. The molecule has 0 atom stereocenters. The van der Waals surface area contributed by atoms with Gasteiger partial charge >= 0.3 is 6.18 Å². The Hall–Kier alpha value is -3.47. The van der Waals surface area contributed by atoms with Crippen molar-refractivity contribution in [2.24, 2.45) is 0 Å². The van der Waals surface area contributed by atoms with Crippen molar-refractivity contribution >= 4 is 35.2 Å². The van der Waals surface area contributed by atoms with Crippen LogP contribution in [0.15, 0.2) is 36.5 Å². The molecule has 0 N–H and O–H groups in total. The van der Waals surface area contributed by atoms with Crippen LogP contribution in [0.25, 0.3) is 0 Å². The number of benzene rings is 1. The molecule has 0 bridgehead atoms. The Balaban J connectivity index is 0.000000225. The van der Waals surface area contributed by atoms with Crippen LogP contribution in [-0.2, 0) is 17.4 Å². The number of ether oxygens (including phenoxy) is 1. The summed E-state index contributed by atoms with van der Waals surface area (Å²) in [6.07, 6.45) is -1.74. The molecule has 35 heavy (non-hydrogen) atoms. The van der Waals surface area contributed by atoms with Crippen LogP contribution in [0.3, 0.4) is 0 Å². The number of hydrogen-bond donors (Lipinski definition) is 0. The lowest BCUT2D eigenvalue weighted by atomic mass is 10.2. The summed E-state index contributed by atoms with van der Waals surface area (Å²) in [5.41, 5.74) is 1.27. The zero-order valence-corrected chi connectivity index (χ0v) is 19.6. The molecule has 2 aromatic heterocycles. The second-order valence-corrected chi connectivity index (χ2v) is 7.91. The minimum atomic E-state index is -4.39. The zero-order chi connectivity index (χ0) is 25.9. The second-order valence-electron chi connectivity index (χ2n) is 7.51. The molecule has 186 valence electrons. The summed E-state index contributed by atoms with van der Waals surface area (Å²) < 4.78 is 69.7. The second kappa shape index (κ2) is 10.4. The van der Waals surface area contributed by atoms with E-state index in [0.717, 1.165) is 34.3 Å². The first kappa shape index (κ1) is 26.1. The highest BCUT2D eigenvalue weighted by Crippen LogP contribution is 2.39. The van der Waals surface area contributed by atoms with Gasteiger partial charge in [-0.3, -0.25) is 4.79 Å². The van der Waals surface area contributed by atoms with Crippen molar-refractivity contribution in [3.05, 3.63) is 70.0 Å². The molecule has 1 aliphatic heterocycles. The van der Waals surface area contributed by atoms with Crippen LogP contribution >= 0.6 is 11.6 Å². The normalized spacial score (nSPS) is 12.5. The molecule has 0 fully saturated rings. The molecular weight excluding hydrogens is 495 g/mol. The summed E-state index contributed by atoms with van der Waals surface area (Å²) >= 11 is 5.40. The van der Waals surface area contributed by atoms with Gasteiger partial charge in [0.1, 0.15) is 17.5 Å². The van der Waals surface area contributed by atoms with E-state index in [1.165, 1.54) is 14.2 Å². The average Bonchev–Trinajstić information content (AvgIpc) is 3.25. The van der Waals surface area contributed by atoms with Crippen LogP contribution in [0.2, 0.25) is 5.02 Å². The molecule has 3 aromatic rings. The van der Waals surface area contributed by atoms with Crippen molar-refractivity contribution in [2.75, 3.05) is 30.5 Å². The van der Waals surface area contributed by atoms with E-state index in [-0.39, 0.29) is 10.7 Å². The summed E-state index contributed by atoms with van der Waals surface area (Å²) in [5, 5.41) is -0.217. The fraction of sp³-hybridized carbons (Fsp3) is 0.261. The van der Waals surface area contributed by atoms with Crippen LogP contribution in [-0.4, -0.2) is 37.1 Å². The van der Waals surface area contributed by atoms with Gasteiger partial charge in [0.05, 0.1) is 29.1 Å². The van der Waals surface area contributed by atoms with Gasteiger partial charge in [-0.05, 0) is 37.6 Å². The highest BCUT2D eigenvalue weighted by Gasteiger charge is 2.33. The van der Waals surface area contributed by atoms with Gasteiger partial charge in [-0.25, -0.2) is 18.7 Å². The van der Waals surface area contributed by atoms with E-state index in [4.69, 9.17) is 16.3 Å². The van der Waals surface area contributed by atoms with E-state index >= 15 is 0 Å². The minimum Gasteiger partial charge on any atom is -0.481 e. The molecule has 4 rings (SSSR count). The van der Waals surface area contributed by atoms with Crippen LogP contribution in [0.4, 0.5) is 39.1 Å². The van der Waals surface area contributed by atoms with Crippen LogP contribution in [0, 0.1) is 18.6 Å². The van der Waals surface area contributed by atoms with Gasteiger partial charge in [0.15, 0.2) is 0 Å². The molecule has 6 nitrogen and oxygen atoms in total. The van der Waals surface area contributed by atoms with Crippen molar-refractivity contribution in [2.45, 2.75) is 19.5 Å². The number of carbonyl (C=O) groups is 1. The van der Waals surface area contributed by atoms with Gasteiger partial charge in [0.25, 0.3) is 0 Å². The third-order valence-electron chi connectivity index (χ3n) is 5.13. The predicted molar refractivity (Wildman–Crippen MR) is 121 cm³/mol. The third kappa shape index (κ3) is 5.79. The molecule has 0 unspecified atom stereocenters. The number of alkyl halides is 3. The highest BCUT2D eigenvalue weighted by atomic mass is 35.5. The Morgan fingerprint density at radius 2 is 1.89 bits per heavy atom. The molecule has 0 aliphatic carbocycles. The molecule has 0 spiro atoms. The van der Waals surface area contributed by atoms with E-state index in [9.17, 15) is 26.7 Å². The monoisotopic (exact) mass is 514 g/mol. The summed E-state index contributed by atoms with van der Waals surface area (Å²) in [6, 6.07) is 5.59. The number of rotatable bonds is 4. The largest absolute Gasteiger partial charge is 0.481 e.